The smallest absolute Gasteiger partial charge is 0.139 e. The van der Waals surface area contributed by atoms with Crippen LogP contribution in [0.2, 0.25) is 10.0 Å². The zero-order valence-corrected chi connectivity index (χ0v) is 9.59. The summed E-state index contributed by atoms with van der Waals surface area (Å²) in [6, 6.07) is 2.68. The lowest BCUT2D eigenvalue weighted by molar-refractivity contribution is 0.279. The molecule has 0 spiro atoms. The molecule has 15 heavy (non-hydrogen) atoms. The second-order valence-electron chi connectivity index (χ2n) is 3.30. The number of hydrogen-bond acceptors (Lipinski definition) is 3. The lowest BCUT2D eigenvalue weighted by atomic mass is 10.0. The number of nitrogens with two attached hydrogens (primary N) is 1. The van der Waals surface area contributed by atoms with Crippen molar-refractivity contribution < 1.29 is 10.2 Å². The summed E-state index contributed by atoms with van der Waals surface area (Å²) in [4.78, 5) is 0. The summed E-state index contributed by atoms with van der Waals surface area (Å²) >= 11 is 11.6. The first-order valence-corrected chi connectivity index (χ1v) is 5.36. The molecule has 0 radical (unpaired) electrons. The number of aliphatic hydroxyl groups excluding tert-OH is 1. The van der Waals surface area contributed by atoms with Crippen LogP contribution < -0.4 is 5.73 Å². The minimum absolute atomic E-state index is 0.0356. The van der Waals surface area contributed by atoms with Crippen molar-refractivity contribution in [2.45, 2.75) is 18.9 Å². The van der Waals surface area contributed by atoms with Crippen molar-refractivity contribution in [2.24, 2.45) is 5.73 Å². The highest BCUT2D eigenvalue weighted by Crippen LogP contribution is 2.35. The van der Waals surface area contributed by atoms with Crippen LogP contribution in [-0.2, 0) is 0 Å². The quantitative estimate of drug-likeness (QED) is 0.768. The number of phenols is 1. The molecule has 4 N–H and O–H groups in total. The van der Waals surface area contributed by atoms with Crippen molar-refractivity contribution in [2.75, 3.05) is 6.61 Å². The average Bonchev–Trinajstić information content (AvgIpc) is 2.19. The molecule has 0 heterocycles. The predicted molar refractivity (Wildman–Crippen MR) is 61.4 cm³/mol. The molecule has 3 nitrogen and oxygen atoms in total. The third kappa shape index (κ3) is 3.24. The SMILES string of the molecule is N[C@H](CCCO)c1cc(Cl)cc(Cl)c1O. The number of hydrogen-bond donors (Lipinski definition) is 3. The summed E-state index contributed by atoms with van der Waals surface area (Å²) in [6.45, 7) is 0.0722. The molecule has 0 aliphatic carbocycles. The Kier molecular flexibility index (Phi) is 4.67. The zero-order chi connectivity index (χ0) is 11.4. The monoisotopic (exact) mass is 249 g/mol. The largest absolute Gasteiger partial charge is 0.506 e. The van der Waals surface area contributed by atoms with Crippen LogP contribution in [0.5, 0.6) is 5.75 Å². The number of rotatable bonds is 4. The van der Waals surface area contributed by atoms with Crippen molar-refractivity contribution in [3.8, 4) is 5.75 Å². The van der Waals surface area contributed by atoms with E-state index in [-0.39, 0.29) is 23.4 Å². The molecule has 1 aromatic rings. The molecule has 0 aromatic heterocycles. The van der Waals surface area contributed by atoms with E-state index in [1.165, 1.54) is 6.07 Å². The van der Waals surface area contributed by atoms with E-state index in [0.29, 0.717) is 23.4 Å². The summed E-state index contributed by atoms with van der Waals surface area (Å²) in [7, 11) is 0. The van der Waals surface area contributed by atoms with Gasteiger partial charge < -0.3 is 15.9 Å². The third-order valence-electron chi connectivity index (χ3n) is 2.13. The van der Waals surface area contributed by atoms with Crippen molar-refractivity contribution in [3.63, 3.8) is 0 Å². The number of phenolic OH excluding ortho intramolecular Hbond substituents is 1. The Labute approximate surface area is 98.4 Å². The van der Waals surface area contributed by atoms with Gasteiger partial charge in [-0.3, -0.25) is 0 Å². The highest BCUT2D eigenvalue weighted by Gasteiger charge is 2.14. The molecule has 84 valence electrons. The highest BCUT2D eigenvalue weighted by molar-refractivity contribution is 6.35. The van der Waals surface area contributed by atoms with Crippen LogP contribution in [0.1, 0.15) is 24.4 Å². The van der Waals surface area contributed by atoms with Crippen LogP contribution in [0.15, 0.2) is 12.1 Å². The van der Waals surface area contributed by atoms with Gasteiger partial charge in [0.1, 0.15) is 5.75 Å². The molecule has 0 unspecified atom stereocenters. The maximum Gasteiger partial charge on any atom is 0.139 e. The van der Waals surface area contributed by atoms with Gasteiger partial charge in [-0.1, -0.05) is 23.2 Å². The van der Waals surface area contributed by atoms with Gasteiger partial charge in [-0.15, -0.1) is 0 Å². The van der Waals surface area contributed by atoms with Crippen LogP contribution >= 0.6 is 23.2 Å². The standard InChI is InChI=1S/C10H13Cl2NO2/c11-6-4-7(9(13)2-1-3-14)10(15)8(12)5-6/h4-5,9,14-15H,1-3,13H2/t9-/m1/s1. The average molecular weight is 250 g/mol. The number of aromatic hydroxyl groups is 1. The molecule has 0 fully saturated rings. The second kappa shape index (κ2) is 5.56. The second-order valence-corrected chi connectivity index (χ2v) is 4.14. The fourth-order valence-corrected chi connectivity index (χ4v) is 1.84. The van der Waals surface area contributed by atoms with Crippen molar-refractivity contribution in [1.82, 2.24) is 0 Å². The van der Waals surface area contributed by atoms with Crippen LogP contribution in [0, 0.1) is 0 Å². The molecule has 0 aliphatic rings. The first-order chi connectivity index (χ1) is 7.06. The Morgan fingerprint density at radius 1 is 1.33 bits per heavy atom. The van der Waals surface area contributed by atoms with E-state index in [2.05, 4.69) is 0 Å². The minimum atomic E-state index is -0.367. The highest BCUT2D eigenvalue weighted by atomic mass is 35.5. The van der Waals surface area contributed by atoms with E-state index in [1.54, 1.807) is 6.07 Å². The maximum atomic E-state index is 9.66. The molecule has 0 aliphatic heterocycles. The van der Waals surface area contributed by atoms with Crippen LogP contribution in [0.25, 0.3) is 0 Å². The van der Waals surface area contributed by atoms with E-state index < -0.39 is 0 Å². The molecule has 5 heteroatoms. The van der Waals surface area contributed by atoms with Crippen LogP contribution in [-0.4, -0.2) is 16.8 Å². The van der Waals surface area contributed by atoms with Gasteiger partial charge in [0.05, 0.1) is 5.02 Å². The fourth-order valence-electron chi connectivity index (χ4n) is 1.34. The fraction of sp³-hybridized carbons (Fsp3) is 0.400. The van der Waals surface area contributed by atoms with E-state index >= 15 is 0 Å². The molecule has 0 bridgehead atoms. The lowest BCUT2D eigenvalue weighted by Crippen LogP contribution is -2.11. The Morgan fingerprint density at radius 2 is 2.00 bits per heavy atom. The van der Waals surface area contributed by atoms with Crippen molar-refractivity contribution >= 4 is 23.2 Å². The zero-order valence-electron chi connectivity index (χ0n) is 8.08. The lowest BCUT2D eigenvalue weighted by Gasteiger charge is -2.14. The molecule has 1 rings (SSSR count). The van der Waals surface area contributed by atoms with E-state index in [4.69, 9.17) is 34.0 Å². The Balaban J connectivity index is 2.92. The van der Waals surface area contributed by atoms with Gasteiger partial charge in [0.2, 0.25) is 0 Å². The predicted octanol–water partition coefficient (Wildman–Crippen LogP) is 2.47. The molecule has 1 atom stereocenters. The number of benzene rings is 1. The third-order valence-corrected chi connectivity index (χ3v) is 2.64. The van der Waals surface area contributed by atoms with Crippen molar-refractivity contribution in [3.05, 3.63) is 27.7 Å². The first kappa shape index (κ1) is 12.6. The molecule has 0 saturated carbocycles. The number of halogens is 2. The van der Waals surface area contributed by atoms with E-state index in [1.807, 2.05) is 0 Å². The molecular weight excluding hydrogens is 237 g/mol. The Morgan fingerprint density at radius 3 is 2.60 bits per heavy atom. The Bertz CT molecular complexity index is 344. The van der Waals surface area contributed by atoms with E-state index in [0.717, 1.165) is 0 Å². The van der Waals surface area contributed by atoms with Gasteiger partial charge in [-0.05, 0) is 25.0 Å². The summed E-state index contributed by atoms with van der Waals surface area (Å²) in [6.07, 6.45) is 1.14. The van der Waals surface area contributed by atoms with Gasteiger partial charge in [0.25, 0.3) is 0 Å². The van der Waals surface area contributed by atoms with Gasteiger partial charge in [0, 0.05) is 23.2 Å². The summed E-state index contributed by atoms with van der Waals surface area (Å²) in [5.41, 5.74) is 6.35. The topological polar surface area (TPSA) is 66.5 Å². The first-order valence-electron chi connectivity index (χ1n) is 4.60. The molecular formula is C10H13Cl2NO2. The van der Waals surface area contributed by atoms with Gasteiger partial charge >= 0.3 is 0 Å². The normalized spacial score (nSPS) is 12.8. The molecule has 0 saturated heterocycles. The van der Waals surface area contributed by atoms with Gasteiger partial charge in [-0.25, -0.2) is 0 Å². The summed E-state index contributed by atoms with van der Waals surface area (Å²) < 4.78 is 0. The number of aliphatic hydroxyl groups is 1. The van der Waals surface area contributed by atoms with Gasteiger partial charge in [-0.2, -0.15) is 0 Å². The van der Waals surface area contributed by atoms with Crippen LogP contribution in [0.4, 0.5) is 0 Å². The molecule has 1 aromatic carbocycles. The minimum Gasteiger partial charge on any atom is -0.506 e. The van der Waals surface area contributed by atoms with E-state index in [9.17, 15) is 5.11 Å². The van der Waals surface area contributed by atoms with Crippen molar-refractivity contribution in [1.29, 1.82) is 0 Å². The molecule has 0 amide bonds. The van der Waals surface area contributed by atoms with Crippen LogP contribution in [0.3, 0.4) is 0 Å². The Hall–Kier alpha value is -0.480. The summed E-state index contributed by atoms with van der Waals surface area (Å²) in [5.74, 6) is -0.0356. The van der Waals surface area contributed by atoms with Gasteiger partial charge in [0.15, 0.2) is 0 Å². The maximum absolute atomic E-state index is 9.66. The summed E-state index contributed by atoms with van der Waals surface area (Å²) in [5, 5.41) is 19.0.